The van der Waals surface area contributed by atoms with Crippen molar-refractivity contribution in [1.29, 1.82) is 0 Å². The van der Waals surface area contributed by atoms with Crippen LogP contribution in [-0.4, -0.2) is 0 Å². The summed E-state index contributed by atoms with van der Waals surface area (Å²) in [4.78, 5) is 0. The molecule has 4 heteroatoms. The number of rotatable bonds is 12. The van der Waals surface area contributed by atoms with Gasteiger partial charge < -0.3 is 0 Å². The zero-order valence-electron chi connectivity index (χ0n) is 36.4. The quantitative estimate of drug-likeness (QED) is 0.107. The number of hydrogen-bond donors (Lipinski definition) is 0. The molecular formula is C60H56P4. The zero-order valence-corrected chi connectivity index (χ0v) is 41.1. The molecule has 4 atom stereocenters. The van der Waals surface area contributed by atoms with Crippen molar-refractivity contribution >= 4 is 37.0 Å². The fraction of sp³-hybridized carbons (Fsp3) is 0.133. The van der Waals surface area contributed by atoms with Gasteiger partial charge in [-0.1, -0.05) is 194 Å². The van der Waals surface area contributed by atoms with Crippen molar-refractivity contribution in [2.24, 2.45) is 0 Å². The van der Waals surface area contributed by atoms with Crippen molar-refractivity contribution in [1.82, 2.24) is 0 Å². The molecule has 0 fully saturated rings. The maximum absolute atomic E-state index is 2.81. The van der Waals surface area contributed by atoms with Crippen LogP contribution in [0.3, 0.4) is 0 Å². The van der Waals surface area contributed by atoms with Gasteiger partial charge in [0.25, 0.3) is 0 Å². The van der Waals surface area contributed by atoms with Gasteiger partial charge >= 0.3 is 0 Å². The van der Waals surface area contributed by atoms with Crippen molar-refractivity contribution in [2.75, 3.05) is 0 Å². The smallest absolute Gasteiger partial charge is 0.00253 e. The lowest BCUT2D eigenvalue weighted by molar-refractivity contribution is 1.16. The average molecular weight is 901 g/mol. The van der Waals surface area contributed by atoms with Crippen LogP contribution >= 0.6 is 37.0 Å². The van der Waals surface area contributed by atoms with Crippen LogP contribution in [0.4, 0.5) is 0 Å². The summed E-state index contributed by atoms with van der Waals surface area (Å²) in [7, 11) is 11.2. The van der Waals surface area contributed by atoms with Crippen LogP contribution in [0.15, 0.2) is 194 Å². The second-order valence-electron chi connectivity index (χ2n) is 17.2. The van der Waals surface area contributed by atoms with Gasteiger partial charge in [0.1, 0.15) is 0 Å². The van der Waals surface area contributed by atoms with Crippen LogP contribution in [0.25, 0.3) is 44.5 Å². The lowest BCUT2D eigenvalue weighted by Gasteiger charge is -2.04. The molecule has 0 spiro atoms. The molecule has 8 aliphatic rings. The summed E-state index contributed by atoms with van der Waals surface area (Å²) in [5, 5.41) is 0. The Morgan fingerprint density at radius 2 is 0.328 bits per heavy atom. The van der Waals surface area contributed by atoms with E-state index in [0.717, 1.165) is 50.3 Å². The van der Waals surface area contributed by atoms with Gasteiger partial charge in [0.2, 0.25) is 0 Å². The van der Waals surface area contributed by atoms with Gasteiger partial charge in [-0.25, -0.2) is 0 Å². The molecule has 0 radical (unpaired) electrons. The van der Waals surface area contributed by atoms with Crippen molar-refractivity contribution in [3.63, 3.8) is 0 Å². The Kier molecular flexibility index (Phi) is 14.4. The van der Waals surface area contributed by atoms with E-state index in [9.17, 15) is 0 Å². The van der Waals surface area contributed by atoms with E-state index in [1.165, 1.54) is 111 Å². The Hall–Kier alpha value is -5.04. The lowest BCUT2D eigenvalue weighted by atomic mass is 10.0. The van der Waals surface area contributed by atoms with E-state index in [0.29, 0.717) is 0 Å². The summed E-state index contributed by atoms with van der Waals surface area (Å²) in [6.07, 6.45) is 7.88. The van der Waals surface area contributed by atoms with E-state index in [2.05, 4.69) is 231 Å². The molecule has 2 aromatic rings. The molecule has 64 heavy (non-hydrogen) atoms. The fourth-order valence-corrected chi connectivity index (χ4v) is 9.84. The molecule has 0 saturated carbocycles. The van der Waals surface area contributed by atoms with E-state index in [4.69, 9.17) is 0 Å². The topological polar surface area (TPSA) is 0 Å². The molecule has 0 amide bonds. The maximum atomic E-state index is 2.81. The largest absolute Gasteiger partial charge is 0.133 e. The first-order chi connectivity index (χ1) is 31.4. The van der Waals surface area contributed by atoms with Crippen LogP contribution in [0, 0.1) is 0 Å². The van der Waals surface area contributed by atoms with Crippen LogP contribution < -0.4 is 0 Å². The minimum atomic E-state index is 0.960. The zero-order chi connectivity index (χ0) is 43.8. The summed E-state index contributed by atoms with van der Waals surface area (Å²) < 4.78 is 0. The Labute approximate surface area is 390 Å². The van der Waals surface area contributed by atoms with Crippen LogP contribution in [0.2, 0.25) is 0 Å². The summed E-state index contributed by atoms with van der Waals surface area (Å²) in [6.45, 7) is 0. The Morgan fingerprint density at radius 3 is 0.531 bits per heavy atom. The van der Waals surface area contributed by atoms with E-state index in [1.54, 1.807) is 0 Å². The van der Waals surface area contributed by atoms with E-state index < -0.39 is 0 Å². The highest BCUT2D eigenvalue weighted by Gasteiger charge is 2.10. The first-order valence-corrected chi connectivity index (χ1v) is 25.7. The summed E-state index contributed by atoms with van der Waals surface area (Å²) in [5.74, 6) is 0. The van der Waals surface area contributed by atoms with Crippen molar-refractivity contribution in [2.45, 2.75) is 50.3 Å². The van der Waals surface area contributed by atoms with Crippen molar-refractivity contribution in [3.05, 3.63) is 261 Å². The van der Waals surface area contributed by atoms with Crippen LogP contribution in [0.5, 0.6) is 0 Å². The lowest BCUT2D eigenvalue weighted by Crippen LogP contribution is -1.90. The van der Waals surface area contributed by atoms with Gasteiger partial charge in [-0.05, 0) is 162 Å². The molecule has 10 rings (SSSR count). The molecule has 0 aromatic heterocycles. The molecule has 8 aliphatic carbocycles. The summed E-state index contributed by atoms with van der Waals surface area (Å²) in [6, 6.07) is 72.7. The molecule has 0 heterocycles. The standard InChI is InChI=1S/2C30H28P2/c31-19-23-5-9-27-15-25(16-28(27)10-6-23)13-21-1-2-22(4-3-21)14-26-17-29-11-7-24(20-32)8-12-30(29)18-26;31-19-25-15-27-9-5-23(6-10-28(27)16-25)13-21-1-2-22(4-3-21)14-24-7-11-29-17-26(20-32)18-30(29)12-8-24/h2*1-12,15-18H,13-14,19-20,31-32H2. The minimum Gasteiger partial charge on any atom is -0.133 e. The maximum Gasteiger partial charge on any atom is -0.00253 e. The summed E-state index contributed by atoms with van der Waals surface area (Å²) >= 11 is 0. The third-order valence-corrected chi connectivity index (χ3v) is 14.4. The first kappa shape index (κ1) is 44.2. The second kappa shape index (κ2) is 20.9. The highest BCUT2D eigenvalue weighted by molar-refractivity contribution is 7.16. The van der Waals surface area contributed by atoms with Crippen LogP contribution in [-0.2, 0) is 50.3 Å². The molecule has 2 aromatic carbocycles. The highest BCUT2D eigenvalue weighted by Crippen LogP contribution is 2.31. The predicted molar refractivity (Wildman–Crippen MR) is 290 cm³/mol. The van der Waals surface area contributed by atoms with Gasteiger partial charge in [0, 0.05) is 0 Å². The Morgan fingerprint density at radius 1 is 0.172 bits per heavy atom. The minimum absolute atomic E-state index is 0.960. The Balaban J connectivity index is 0.000000162. The normalized spacial score (nSPS) is 11.3. The van der Waals surface area contributed by atoms with Gasteiger partial charge in [0.05, 0.1) is 0 Å². The molecule has 0 bridgehead atoms. The number of hydrogen-bond acceptors (Lipinski definition) is 0. The average Bonchev–Trinajstić information content (AvgIpc) is 4.00. The molecule has 316 valence electrons. The third kappa shape index (κ3) is 11.1. The fourth-order valence-electron chi connectivity index (χ4n) is 8.82. The van der Waals surface area contributed by atoms with Gasteiger partial charge in [0.15, 0.2) is 0 Å². The number of benzene rings is 2. The van der Waals surface area contributed by atoms with E-state index in [-0.39, 0.29) is 0 Å². The second-order valence-corrected chi connectivity index (χ2v) is 18.9. The molecule has 0 nitrogen and oxygen atoms in total. The van der Waals surface area contributed by atoms with Gasteiger partial charge in [-0.15, -0.1) is 37.0 Å². The van der Waals surface area contributed by atoms with E-state index in [1.807, 2.05) is 0 Å². The monoisotopic (exact) mass is 900 g/mol. The molecule has 4 unspecified atom stereocenters. The molecule has 0 aliphatic heterocycles. The van der Waals surface area contributed by atoms with Crippen molar-refractivity contribution < 1.29 is 0 Å². The SMILES string of the molecule is PCc1cc2ccc(Cc3ccc(Cc4ccc5cc(CP)cc-5cc4)cc3)ccc-2c1.PCc1ccc2cc(Cc3ccc(Cc4cc5ccc(CP)ccc-5c4)cc3)cc-2cc1. The molecule has 0 saturated heterocycles. The van der Waals surface area contributed by atoms with Gasteiger partial charge in [-0.3, -0.25) is 0 Å². The van der Waals surface area contributed by atoms with Crippen LogP contribution in [0.1, 0.15) is 66.8 Å². The first-order valence-electron chi connectivity index (χ1n) is 22.4. The molecular weight excluding hydrogens is 845 g/mol. The number of fused-ring (bicyclic) bond motifs is 4. The Bertz CT molecular complexity index is 2590. The third-order valence-electron chi connectivity index (χ3n) is 12.5. The van der Waals surface area contributed by atoms with Gasteiger partial charge in [-0.2, -0.15) is 0 Å². The summed E-state index contributed by atoms with van der Waals surface area (Å²) in [5.41, 5.74) is 26.9. The molecule has 0 N–H and O–H groups in total. The highest BCUT2D eigenvalue weighted by atomic mass is 31.0. The van der Waals surface area contributed by atoms with E-state index >= 15 is 0 Å². The van der Waals surface area contributed by atoms with Crippen molar-refractivity contribution in [3.8, 4) is 44.5 Å². The predicted octanol–water partition coefficient (Wildman–Crippen LogP) is 15.7.